The number of benzene rings is 1. The molecule has 0 aromatic heterocycles. The normalized spacial score (nSPS) is 10.0. The van der Waals surface area contributed by atoms with Crippen LogP contribution in [0.2, 0.25) is 0 Å². The van der Waals surface area contributed by atoms with Gasteiger partial charge in [-0.1, -0.05) is 5.92 Å². The first-order valence-corrected chi connectivity index (χ1v) is 5.26. The van der Waals surface area contributed by atoms with E-state index in [9.17, 15) is 4.39 Å². The van der Waals surface area contributed by atoms with E-state index in [1.165, 1.54) is 12.1 Å². The Balaban J connectivity index is 2.66. The van der Waals surface area contributed by atoms with Crippen LogP contribution in [0.1, 0.15) is 19.4 Å². The van der Waals surface area contributed by atoms with Crippen molar-refractivity contribution in [2.75, 3.05) is 13.2 Å². The molecule has 0 radical (unpaired) electrons. The molecule has 0 saturated heterocycles. The van der Waals surface area contributed by atoms with Crippen LogP contribution in [0, 0.1) is 17.7 Å². The largest absolute Gasteiger partial charge is 0.342 e. The molecule has 0 spiro atoms. The predicted molar refractivity (Wildman–Crippen MR) is 60.3 cm³/mol. The Kier molecular flexibility index (Phi) is 5.55. The summed E-state index contributed by atoms with van der Waals surface area (Å²) in [6.07, 6.45) is -0.514. The van der Waals surface area contributed by atoms with E-state index in [1.54, 1.807) is 12.1 Å². The van der Waals surface area contributed by atoms with Crippen molar-refractivity contribution in [3.8, 4) is 11.8 Å². The zero-order chi connectivity index (χ0) is 11.8. The number of halogens is 1. The highest BCUT2D eigenvalue weighted by atomic mass is 19.1. The molecule has 1 aromatic carbocycles. The summed E-state index contributed by atoms with van der Waals surface area (Å²) in [5, 5.41) is 0. The van der Waals surface area contributed by atoms with Gasteiger partial charge in [0.25, 0.3) is 0 Å². The molecular formula is C13H15FO2. The number of hydrogen-bond donors (Lipinski definition) is 0. The van der Waals surface area contributed by atoms with E-state index in [0.29, 0.717) is 13.2 Å². The van der Waals surface area contributed by atoms with Crippen LogP contribution < -0.4 is 0 Å². The van der Waals surface area contributed by atoms with Crippen LogP contribution in [0.4, 0.5) is 4.39 Å². The van der Waals surface area contributed by atoms with E-state index in [0.717, 1.165) is 5.56 Å². The van der Waals surface area contributed by atoms with Gasteiger partial charge in [-0.3, -0.25) is 0 Å². The predicted octanol–water partition coefficient (Wildman–Crippen LogP) is 2.58. The van der Waals surface area contributed by atoms with Gasteiger partial charge in [0.05, 0.1) is 0 Å². The molecule has 0 N–H and O–H groups in total. The summed E-state index contributed by atoms with van der Waals surface area (Å²) >= 11 is 0. The summed E-state index contributed by atoms with van der Waals surface area (Å²) in [7, 11) is 0. The lowest BCUT2D eigenvalue weighted by atomic mass is 10.2. The lowest BCUT2D eigenvalue weighted by Crippen LogP contribution is -2.14. The third-order valence-electron chi connectivity index (χ3n) is 1.81. The summed E-state index contributed by atoms with van der Waals surface area (Å²) in [5.41, 5.74) is 0.741. The molecule has 0 saturated carbocycles. The molecule has 0 unspecified atom stereocenters. The molecule has 1 aromatic rings. The summed E-state index contributed by atoms with van der Waals surface area (Å²) < 4.78 is 23.1. The Bertz CT molecular complexity index is 356. The summed E-state index contributed by atoms with van der Waals surface area (Å²) in [6.45, 7) is 4.85. The molecule has 86 valence electrons. The first kappa shape index (κ1) is 12.7. The molecule has 16 heavy (non-hydrogen) atoms. The minimum Gasteiger partial charge on any atom is -0.342 e. The van der Waals surface area contributed by atoms with Crippen molar-refractivity contribution in [1.29, 1.82) is 0 Å². The molecule has 0 aliphatic carbocycles. The topological polar surface area (TPSA) is 18.5 Å². The Morgan fingerprint density at radius 1 is 1.12 bits per heavy atom. The summed E-state index contributed by atoms with van der Waals surface area (Å²) in [4.78, 5) is 0. The fraction of sp³-hybridized carbons (Fsp3) is 0.385. The van der Waals surface area contributed by atoms with Crippen LogP contribution in [-0.2, 0) is 9.47 Å². The second-order valence-electron chi connectivity index (χ2n) is 3.02. The second-order valence-corrected chi connectivity index (χ2v) is 3.02. The van der Waals surface area contributed by atoms with E-state index >= 15 is 0 Å². The van der Waals surface area contributed by atoms with Gasteiger partial charge in [0.15, 0.2) is 0 Å². The zero-order valence-electron chi connectivity index (χ0n) is 9.50. The Labute approximate surface area is 95.4 Å². The van der Waals surface area contributed by atoms with Crippen molar-refractivity contribution >= 4 is 0 Å². The molecule has 0 amide bonds. The monoisotopic (exact) mass is 222 g/mol. The smallest absolute Gasteiger partial charge is 0.222 e. The van der Waals surface area contributed by atoms with Crippen molar-refractivity contribution in [3.63, 3.8) is 0 Å². The standard InChI is InChI=1S/C13H15FO2/c1-3-15-13(16-4-2)10-7-11-5-8-12(14)9-6-11/h5-6,8-9,13H,3-4H2,1-2H3. The molecule has 0 fully saturated rings. The van der Waals surface area contributed by atoms with Crippen LogP contribution in [0.5, 0.6) is 0 Å². The fourth-order valence-corrected chi connectivity index (χ4v) is 1.11. The average Bonchev–Trinajstić information content (AvgIpc) is 2.29. The Morgan fingerprint density at radius 2 is 1.69 bits per heavy atom. The lowest BCUT2D eigenvalue weighted by molar-refractivity contribution is -0.0969. The summed E-state index contributed by atoms with van der Waals surface area (Å²) in [6, 6.07) is 6.00. The van der Waals surface area contributed by atoms with E-state index in [1.807, 2.05) is 13.8 Å². The maximum absolute atomic E-state index is 12.6. The van der Waals surface area contributed by atoms with E-state index in [-0.39, 0.29) is 5.82 Å². The van der Waals surface area contributed by atoms with Crippen LogP contribution in [0.3, 0.4) is 0 Å². The van der Waals surface area contributed by atoms with Gasteiger partial charge in [-0.15, -0.1) is 0 Å². The zero-order valence-corrected chi connectivity index (χ0v) is 9.50. The van der Waals surface area contributed by atoms with Gasteiger partial charge in [-0.25, -0.2) is 4.39 Å². The van der Waals surface area contributed by atoms with Gasteiger partial charge in [0.1, 0.15) is 5.82 Å². The molecule has 0 bridgehead atoms. The molecule has 0 aliphatic rings. The second kappa shape index (κ2) is 7.00. The fourth-order valence-electron chi connectivity index (χ4n) is 1.11. The average molecular weight is 222 g/mol. The highest BCUT2D eigenvalue weighted by molar-refractivity contribution is 5.34. The number of ether oxygens (including phenoxy) is 2. The van der Waals surface area contributed by atoms with Gasteiger partial charge in [-0.2, -0.15) is 0 Å². The first-order valence-electron chi connectivity index (χ1n) is 5.26. The molecular weight excluding hydrogens is 207 g/mol. The highest BCUT2D eigenvalue weighted by Crippen LogP contribution is 2.01. The van der Waals surface area contributed by atoms with E-state index in [2.05, 4.69) is 11.8 Å². The van der Waals surface area contributed by atoms with Gasteiger partial charge in [0.2, 0.25) is 6.29 Å². The van der Waals surface area contributed by atoms with Crippen LogP contribution >= 0.6 is 0 Å². The highest BCUT2D eigenvalue weighted by Gasteiger charge is 2.01. The van der Waals surface area contributed by atoms with Gasteiger partial charge in [-0.05, 0) is 44.0 Å². The quantitative estimate of drug-likeness (QED) is 0.576. The first-order chi connectivity index (χ1) is 7.76. The van der Waals surface area contributed by atoms with Gasteiger partial charge in [0, 0.05) is 18.8 Å². The van der Waals surface area contributed by atoms with Gasteiger partial charge >= 0.3 is 0 Å². The number of hydrogen-bond acceptors (Lipinski definition) is 2. The van der Waals surface area contributed by atoms with Crippen LogP contribution in [-0.4, -0.2) is 19.5 Å². The Hall–Kier alpha value is -1.37. The SMILES string of the molecule is CCOC(C#Cc1ccc(F)cc1)OCC. The van der Waals surface area contributed by atoms with E-state index < -0.39 is 6.29 Å². The van der Waals surface area contributed by atoms with Gasteiger partial charge < -0.3 is 9.47 Å². The summed E-state index contributed by atoms with van der Waals surface area (Å²) in [5.74, 6) is 5.45. The van der Waals surface area contributed by atoms with E-state index in [4.69, 9.17) is 9.47 Å². The lowest BCUT2D eigenvalue weighted by Gasteiger charge is -2.09. The molecule has 0 atom stereocenters. The van der Waals surface area contributed by atoms with Crippen molar-refractivity contribution < 1.29 is 13.9 Å². The van der Waals surface area contributed by atoms with Crippen molar-refractivity contribution in [1.82, 2.24) is 0 Å². The minimum atomic E-state index is -0.514. The van der Waals surface area contributed by atoms with Crippen molar-refractivity contribution in [2.45, 2.75) is 20.1 Å². The molecule has 1 rings (SSSR count). The molecule has 2 nitrogen and oxygen atoms in total. The maximum Gasteiger partial charge on any atom is 0.222 e. The van der Waals surface area contributed by atoms with Crippen LogP contribution in [0.25, 0.3) is 0 Å². The van der Waals surface area contributed by atoms with Crippen molar-refractivity contribution in [2.24, 2.45) is 0 Å². The third-order valence-corrected chi connectivity index (χ3v) is 1.81. The Morgan fingerprint density at radius 3 is 2.19 bits per heavy atom. The van der Waals surface area contributed by atoms with Crippen LogP contribution in [0.15, 0.2) is 24.3 Å². The number of rotatable bonds is 4. The maximum atomic E-state index is 12.6. The minimum absolute atomic E-state index is 0.267. The molecule has 3 heteroatoms. The van der Waals surface area contributed by atoms with Crippen molar-refractivity contribution in [3.05, 3.63) is 35.6 Å². The molecule has 0 aliphatic heterocycles. The molecule has 0 heterocycles. The third kappa shape index (κ3) is 4.43.